The minimum absolute atomic E-state index is 0.498. The Kier molecular flexibility index (Phi) is 12.0. The maximum atomic E-state index is 11.8. The van der Waals surface area contributed by atoms with Gasteiger partial charge in [0.1, 0.15) is 23.0 Å². The summed E-state index contributed by atoms with van der Waals surface area (Å²) in [5.41, 5.74) is -11.3. The van der Waals surface area contributed by atoms with E-state index in [4.69, 9.17) is 25.9 Å². The van der Waals surface area contributed by atoms with Crippen LogP contribution in [0, 0.1) is 0 Å². The number of rotatable bonds is 4. The third-order valence-corrected chi connectivity index (χ3v) is 9.59. The summed E-state index contributed by atoms with van der Waals surface area (Å²) in [4.78, 5) is 11.8. The van der Waals surface area contributed by atoms with Gasteiger partial charge in [0, 0.05) is 0 Å². The molecule has 0 bridgehead atoms. The van der Waals surface area contributed by atoms with Crippen LogP contribution in [-0.4, -0.2) is 77.3 Å². The molecule has 0 unspecified atom stereocenters. The second kappa shape index (κ2) is 12.1. The zero-order valence-electron chi connectivity index (χ0n) is 15.3. The molecule has 0 saturated carbocycles. The SMILES string of the molecule is O=C(C[S+]1CCCC1)C[S+]1CCCC1.O=S(=O)([O-])C(F)(F)F.O=S(=O)([O-])C(F)(F)F. The molecule has 17 heteroatoms. The number of alkyl halides is 6. The highest BCUT2D eigenvalue weighted by atomic mass is 32.2. The van der Waals surface area contributed by atoms with Crippen LogP contribution in [0.1, 0.15) is 25.7 Å². The quantitative estimate of drug-likeness (QED) is 0.233. The Morgan fingerprint density at radius 1 is 0.667 bits per heavy atom. The van der Waals surface area contributed by atoms with Crippen LogP contribution in [0.5, 0.6) is 0 Å². The molecule has 2 aliphatic heterocycles. The first-order valence-corrected chi connectivity index (χ1v) is 14.5. The second-order valence-electron chi connectivity index (χ2n) is 6.08. The first-order valence-electron chi connectivity index (χ1n) is 8.19. The lowest BCUT2D eigenvalue weighted by Crippen LogP contribution is -2.25. The molecule has 0 aliphatic carbocycles. The first-order chi connectivity index (χ1) is 13.3. The summed E-state index contributed by atoms with van der Waals surface area (Å²) in [6, 6.07) is 0. The number of Topliss-reactive ketones (excluding diaryl/α,β-unsaturated/α-hetero) is 1. The summed E-state index contributed by atoms with van der Waals surface area (Å²) in [5, 5.41) is 0. The number of ketones is 1. The van der Waals surface area contributed by atoms with Crippen LogP contribution in [0.2, 0.25) is 0 Å². The Balaban J connectivity index is 0.000000456. The largest absolute Gasteiger partial charge is 0.741 e. The highest BCUT2D eigenvalue weighted by Crippen LogP contribution is 2.21. The van der Waals surface area contributed by atoms with Gasteiger partial charge in [-0.1, -0.05) is 0 Å². The van der Waals surface area contributed by atoms with Crippen molar-refractivity contribution in [3.8, 4) is 0 Å². The molecule has 2 saturated heterocycles. The standard InChI is InChI=1S/C11H20OS2.2CHF3O3S/c12-11(9-13-5-1-2-6-13)10-14-7-3-4-8-14;2*2-1(3,4)8(5,6)7/h1-10H2;2*(H,5,6,7)/q+2;;/p-2. The van der Waals surface area contributed by atoms with Crippen molar-refractivity contribution in [2.75, 3.05) is 34.5 Å². The fourth-order valence-corrected chi connectivity index (χ4v) is 6.89. The van der Waals surface area contributed by atoms with E-state index in [9.17, 15) is 31.1 Å². The molecule has 0 amide bonds. The first kappa shape index (κ1) is 29.8. The van der Waals surface area contributed by atoms with Gasteiger partial charge in [-0.05, 0) is 47.5 Å². The predicted molar refractivity (Wildman–Crippen MR) is 98.9 cm³/mol. The molecule has 2 aliphatic rings. The second-order valence-corrected chi connectivity index (χ2v) is 13.5. The third kappa shape index (κ3) is 12.6. The van der Waals surface area contributed by atoms with E-state index < -0.39 is 31.3 Å². The van der Waals surface area contributed by atoms with Crippen molar-refractivity contribution < 1.29 is 57.1 Å². The van der Waals surface area contributed by atoms with E-state index in [2.05, 4.69) is 0 Å². The van der Waals surface area contributed by atoms with Crippen LogP contribution >= 0.6 is 0 Å². The predicted octanol–water partition coefficient (Wildman–Crippen LogP) is 1.48. The summed E-state index contributed by atoms with van der Waals surface area (Å²) < 4.78 is 118. The van der Waals surface area contributed by atoms with Crippen LogP contribution in [0.4, 0.5) is 26.3 Å². The summed E-state index contributed by atoms with van der Waals surface area (Å²) in [6.07, 6.45) is 5.51. The van der Waals surface area contributed by atoms with Gasteiger partial charge >= 0.3 is 11.0 Å². The lowest BCUT2D eigenvalue weighted by atomic mass is 10.4. The van der Waals surface area contributed by atoms with E-state index in [1.807, 2.05) is 0 Å². The van der Waals surface area contributed by atoms with E-state index in [1.165, 1.54) is 48.7 Å². The van der Waals surface area contributed by atoms with Crippen LogP contribution < -0.4 is 0 Å². The van der Waals surface area contributed by atoms with E-state index in [-0.39, 0.29) is 0 Å². The van der Waals surface area contributed by atoms with Crippen LogP contribution in [0.25, 0.3) is 0 Å². The molecule has 180 valence electrons. The average molecular weight is 531 g/mol. The summed E-state index contributed by atoms with van der Waals surface area (Å²) >= 11 is 0. The maximum absolute atomic E-state index is 11.8. The van der Waals surface area contributed by atoms with E-state index in [0.29, 0.717) is 27.6 Å². The van der Waals surface area contributed by atoms with Gasteiger partial charge in [0.15, 0.2) is 31.7 Å². The van der Waals surface area contributed by atoms with Crippen molar-refractivity contribution in [3.63, 3.8) is 0 Å². The van der Waals surface area contributed by atoms with Crippen LogP contribution in [-0.2, 0) is 46.8 Å². The lowest BCUT2D eigenvalue weighted by Gasteiger charge is -2.08. The van der Waals surface area contributed by atoms with Crippen LogP contribution in [0.3, 0.4) is 0 Å². The third-order valence-electron chi connectivity index (χ3n) is 3.53. The minimum Gasteiger partial charge on any atom is -0.741 e. The smallest absolute Gasteiger partial charge is 0.485 e. The molecule has 0 aromatic rings. The number of hydrogen-bond donors (Lipinski definition) is 0. The normalized spacial score (nSPS) is 18.9. The van der Waals surface area contributed by atoms with Crippen molar-refractivity contribution >= 4 is 47.8 Å². The van der Waals surface area contributed by atoms with Crippen LogP contribution in [0.15, 0.2) is 0 Å². The molecule has 7 nitrogen and oxygen atoms in total. The van der Waals surface area contributed by atoms with Gasteiger partial charge in [0.05, 0.1) is 0 Å². The number of halogens is 6. The van der Waals surface area contributed by atoms with Crippen molar-refractivity contribution in [1.29, 1.82) is 0 Å². The topological polar surface area (TPSA) is 131 Å². The van der Waals surface area contributed by atoms with Gasteiger partial charge in [-0.25, -0.2) is 16.8 Å². The molecule has 0 N–H and O–H groups in total. The van der Waals surface area contributed by atoms with Gasteiger partial charge in [-0.15, -0.1) is 0 Å². The maximum Gasteiger partial charge on any atom is 0.485 e. The monoisotopic (exact) mass is 530 g/mol. The summed E-state index contributed by atoms with van der Waals surface area (Å²) in [6.45, 7) is 0. The fourth-order valence-electron chi connectivity index (χ4n) is 2.21. The van der Waals surface area contributed by atoms with Crippen molar-refractivity contribution in [1.82, 2.24) is 0 Å². The summed E-state index contributed by atoms with van der Waals surface area (Å²) in [7, 11) is -11.2. The Labute approximate surface area is 176 Å². The Hall–Kier alpha value is -0.230. The van der Waals surface area contributed by atoms with E-state index >= 15 is 0 Å². The molecule has 0 aromatic heterocycles. The van der Waals surface area contributed by atoms with E-state index in [1.54, 1.807) is 0 Å². The number of carbonyl (C=O) groups excluding carboxylic acids is 1. The van der Waals surface area contributed by atoms with Gasteiger partial charge < -0.3 is 9.11 Å². The van der Waals surface area contributed by atoms with Crippen molar-refractivity contribution in [3.05, 3.63) is 0 Å². The van der Waals surface area contributed by atoms with Gasteiger partial charge in [0.25, 0.3) is 0 Å². The molecule has 0 radical (unpaired) electrons. The molecular weight excluding hydrogens is 510 g/mol. The molecule has 0 atom stereocenters. The highest BCUT2D eigenvalue weighted by molar-refractivity contribution is 7.99. The zero-order valence-corrected chi connectivity index (χ0v) is 18.6. The Morgan fingerprint density at radius 2 is 0.867 bits per heavy atom. The minimum atomic E-state index is -6.09. The Bertz CT molecular complexity index is 675. The highest BCUT2D eigenvalue weighted by Gasteiger charge is 2.37. The lowest BCUT2D eigenvalue weighted by molar-refractivity contribution is -0.114. The van der Waals surface area contributed by atoms with Crippen molar-refractivity contribution in [2.45, 2.75) is 36.7 Å². The Morgan fingerprint density at radius 3 is 1.03 bits per heavy atom. The van der Waals surface area contributed by atoms with E-state index in [0.717, 1.165) is 11.5 Å². The molecule has 2 rings (SSSR count). The zero-order chi connectivity index (χ0) is 23.8. The fraction of sp³-hybridized carbons (Fsp3) is 0.923. The molecular formula is C13H20F6O7S4. The molecule has 0 aromatic carbocycles. The molecule has 2 heterocycles. The van der Waals surface area contributed by atoms with Crippen molar-refractivity contribution in [2.24, 2.45) is 0 Å². The van der Waals surface area contributed by atoms with Gasteiger partial charge in [0.2, 0.25) is 5.78 Å². The number of carbonyl (C=O) groups is 1. The number of hydrogen-bond acceptors (Lipinski definition) is 7. The summed E-state index contributed by atoms with van der Waals surface area (Å²) in [5.74, 6) is 7.84. The molecule has 30 heavy (non-hydrogen) atoms. The molecule has 2 fully saturated rings. The van der Waals surface area contributed by atoms with Gasteiger partial charge in [-0.2, -0.15) is 26.3 Å². The molecule has 0 spiro atoms. The average Bonchev–Trinajstić information content (AvgIpc) is 3.18. The van der Waals surface area contributed by atoms with Gasteiger partial charge in [-0.3, -0.25) is 4.79 Å².